The molecule has 0 aromatic heterocycles. The van der Waals surface area contributed by atoms with E-state index >= 15 is 0 Å². The van der Waals surface area contributed by atoms with Gasteiger partial charge in [0.1, 0.15) is 7.14 Å². The van der Waals surface area contributed by atoms with Crippen molar-refractivity contribution in [3.05, 3.63) is 41.5 Å². The Balaban J connectivity index is 1.88. The van der Waals surface area contributed by atoms with Crippen LogP contribution in [0.1, 0.15) is 12.8 Å². The molecule has 0 spiro atoms. The molecule has 96 valence electrons. The first kappa shape index (κ1) is 13.1. The Morgan fingerprint density at radius 3 is 1.94 bits per heavy atom. The summed E-state index contributed by atoms with van der Waals surface area (Å²) in [4.78, 5) is 0.970. The quantitative estimate of drug-likeness (QED) is 0.397. The van der Waals surface area contributed by atoms with Gasteiger partial charge in [-0.2, -0.15) is 0 Å². The van der Waals surface area contributed by atoms with Crippen molar-refractivity contribution in [2.24, 2.45) is 0 Å². The minimum atomic E-state index is -2.20. The van der Waals surface area contributed by atoms with E-state index < -0.39 is 7.14 Å². The second kappa shape index (κ2) is 4.92. The predicted octanol–water partition coefficient (Wildman–Crippen LogP) is 4.31. The summed E-state index contributed by atoms with van der Waals surface area (Å²) in [7, 11) is -2.20. The molecule has 1 aliphatic carbocycles. The molecule has 0 radical (unpaired) electrons. The van der Waals surface area contributed by atoms with Gasteiger partial charge in [0.05, 0.1) is 0 Å². The summed E-state index contributed by atoms with van der Waals surface area (Å²) in [6.45, 7) is 0. The molecule has 0 saturated heterocycles. The third-order valence-corrected chi connectivity index (χ3v) is 9.55. The molecule has 0 amide bonds. The van der Waals surface area contributed by atoms with Crippen LogP contribution in [-0.4, -0.2) is 22.0 Å². The first-order valence-electron chi connectivity index (χ1n) is 6.20. The fraction of sp³-hybridized carbons (Fsp3) is 0.429. The van der Waals surface area contributed by atoms with Gasteiger partial charge in [-0.25, -0.2) is 0 Å². The van der Waals surface area contributed by atoms with Gasteiger partial charge in [0, 0.05) is 27.3 Å². The Labute approximate surface area is 125 Å². The Morgan fingerprint density at radius 2 is 1.44 bits per heavy atom. The summed E-state index contributed by atoms with van der Waals surface area (Å²) in [5.41, 5.74) is 2.89. The molecule has 1 nitrogen and oxygen atoms in total. The standard InChI is InChI=1S/C14H15Br2OP/c15-13-6-10-8-18(17,9-11(10)7-14(13)16)12-4-2-1-3-5-12/h1-5,13-14H,6-9H2/t13-,14-/m0/s1. The van der Waals surface area contributed by atoms with Gasteiger partial charge in [-0.3, -0.25) is 0 Å². The van der Waals surface area contributed by atoms with Crippen LogP contribution in [-0.2, 0) is 4.57 Å². The van der Waals surface area contributed by atoms with Crippen molar-refractivity contribution in [3.63, 3.8) is 0 Å². The molecular formula is C14H15Br2OP. The lowest BCUT2D eigenvalue weighted by atomic mass is 9.94. The highest BCUT2D eigenvalue weighted by molar-refractivity contribution is 9.12. The van der Waals surface area contributed by atoms with Crippen LogP contribution < -0.4 is 5.30 Å². The van der Waals surface area contributed by atoms with Gasteiger partial charge in [-0.1, -0.05) is 73.3 Å². The molecule has 1 heterocycles. The number of hydrogen-bond acceptors (Lipinski definition) is 1. The zero-order chi connectivity index (χ0) is 12.8. The van der Waals surface area contributed by atoms with Gasteiger partial charge in [-0.15, -0.1) is 0 Å². The molecule has 3 rings (SSSR count). The van der Waals surface area contributed by atoms with E-state index in [0.29, 0.717) is 9.65 Å². The topological polar surface area (TPSA) is 17.1 Å². The Morgan fingerprint density at radius 1 is 0.944 bits per heavy atom. The van der Waals surface area contributed by atoms with Crippen LogP contribution in [0, 0.1) is 0 Å². The van der Waals surface area contributed by atoms with Crippen LogP contribution in [0.5, 0.6) is 0 Å². The normalized spacial score (nSPS) is 30.3. The lowest BCUT2D eigenvalue weighted by Crippen LogP contribution is -2.21. The maximum Gasteiger partial charge on any atom is 0.123 e. The second-order valence-electron chi connectivity index (χ2n) is 5.19. The van der Waals surface area contributed by atoms with Crippen molar-refractivity contribution in [1.29, 1.82) is 0 Å². The minimum Gasteiger partial charge on any atom is -0.318 e. The van der Waals surface area contributed by atoms with Gasteiger partial charge in [0.2, 0.25) is 0 Å². The second-order valence-corrected chi connectivity index (χ2v) is 10.5. The zero-order valence-corrected chi connectivity index (χ0v) is 14.0. The van der Waals surface area contributed by atoms with Crippen molar-refractivity contribution in [2.75, 3.05) is 12.3 Å². The lowest BCUT2D eigenvalue weighted by molar-refractivity contribution is 0.585. The molecule has 0 fully saturated rings. The number of halogens is 2. The SMILES string of the molecule is O=P1(c2ccccc2)CC2=C(C[C@H](Br)[C@@H](Br)C2)C1. The van der Waals surface area contributed by atoms with Gasteiger partial charge in [-0.05, 0) is 12.8 Å². The van der Waals surface area contributed by atoms with E-state index in [0.717, 1.165) is 30.5 Å². The summed E-state index contributed by atoms with van der Waals surface area (Å²) in [5, 5.41) is 1.05. The summed E-state index contributed by atoms with van der Waals surface area (Å²) in [6, 6.07) is 10.0. The molecule has 0 unspecified atom stereocenters. The number of allylic oxidation sites excluding steroid dienone is 2. The number of rotatable bonds is 1. The summed E-state index contributed by atoms with van der Waals surface area (Å²) in [6.07, 6.45) is 3.69. The first-order chi connectivity index (χ1) is 8.58. The molecule has 1 aromatic rings. The minimum absolute atomic E-state index is 0.485. The van der Waals surface area contributed by atoms with Crippen molar-refractivity contribution in [3.8, 4) is 0 Å². The molecule has 0 bridgehead atoms. The van der Waals surface area contributed by atoms with Crippen LogP contribution in [0.25, 0.3) is 0 Å². The van der Waals surface area contributed by atoms with E-state index in [-0.39, 0.29) is 0 Å². The molecule has 18 heavy (non-hydrogen) atoms. The molecule has 2 aliphatic rings. The fourth-order valence-corrected chi connectivity index (χ4v) is 7.21. The van der Waals surface area contributed by atoms with Crippen LogP contribution >= 0.6 is 39.0 Å². The Hall–Kier alpha value is 0.150. The van der Waals surface area contributed by atoms with E-state index in [1.165, 1.54) is 11.1 Å². The highest BCUT2D eigenvalue weighted by Gasteiger charge is 2.39. The van der Waals surface area contributed by atoms with E-state index in [1.807, 2.05) is 30.3 Å². The zero-order valence-electron chi connectivity index (χ0n) is 9.98. The average Bonchev–Trinajstić information content (AvgIpc) is 2.68. The fourth-order valence-electron chi connectivity index (χ4n) is 2.92. The van der Waals surface area contributed by atoms with E-state index in [1.54, 1.807) is 0 Å². The Kier molecular flexibility index (Phi) is 3.59. The van der Waals surface area contributed by atoms with Gasteiger partial charge in [0.15, 0.2) is 0 Å². The maximum atomic E-state index is 13.1. The van der Waals surface area contributed by atoms with Crippen molar-refractivity contribution >= 4 is 44.3 Å². The van der Waals surface area contributed by atoms with Crippen molar-refractivity contribution < 1.29 is 4.57 Å². The highest BCUT2D eigenvalue weighted by atomic mass is 79.9. The molecular weight excluding hydrogens is 375 g/mol. The molecule has 1 aromatic carbocycles. The number of hydrogen-bond donors (Lipinski definition) is 0. The largest absolute Gasteiger partial charge is 0.318 e. The monoisotopic (exact) mass is 388 g/mol. The maximum absolute atomic E-state index is 13.1. The summed E-state index contributed by atoms with van der Waals surface area (Å²) in [5.74, 6) is 0. The average molecular weight is 390 g/mol. The van der Waals surface area contributed by atoms with Crippen LogP contribution in [0.15, 0.2) is 41.5 Å². The van der Waals surface area contributed by atoms with Gasteiger partial charge >= 0.3 is 0 Å². The van der Waals surface area contributed by atoms with E-state index in [9.17, 15) is 4.57 Å². The van der Waals surface area contributed by atoms with Gasteiger partial charge in [0.25, 0.3) is 0 Å². The first-order valence-corrected chi connectivity index (χ1v) is 10.1. The van der Waals surface area contributed by atoms with Crippen LogP contribution in [0.2, 0.25) is 0 Å². The third kappa shape index (κ3) is 2.30. The molecule has 0 saturated carbocycles. The van der Waals surface area contributed by atoms with Crippen molar-refractivity contribution in [1.82, 2.24) is 0 Å². The van der Waals surface area contributed by atoms with Gasteiger partial charge < -0.3 is 4.57 Å². The Bertz CT molecular complexity index is 512. The summed E-state index contributed by atoms with van der Waals surface area (Å²) < 4.78 is 13.1. The lowest BCUT2D eigenvalue weighted by Gasteiger charge is -2.24. The van der Waals surface area contributed by atoms with E-state index in [2.05, 4.69) is 31.9 Å². The molecule has 4 heteroatoms. The molecule has 1 aliphatic heterocycles. The number of benzene rings is 1. The van der Waals surface area contributed by atoms with Crippen molar-refractivity contribution in [2.45, 2.75) is 22.5 Å². The number of alkyl halides is 2. The van der Waals surface area contributed by atoms with Crippen LogP contribution in [0.3, 0.4) is 0 Å². The summed E-state index contributed by atoms with van der Waals surface area (Å²) >= 11 is 7.43. The molecule has 2 atom stereocenters. The highest BCUT2D eigenvalue weighted by Crippen LogP contribution is 2.57. The smallest absolute Gasteiger partial charge is 0.123 e. The molecule has 0 N–H and O–H groups in total. The third-order valence-electron chi connectivity index (χ3n) is 3.89. The van der Waals surface area contributed by atoms with Crippen LogP contribution in [0.4, 0.5) is 0 Å². The predicted molar refractivity (Wildman–Crippen MR) is 85.1 cm³/mol. The van der Waals surface area contributed by atoms with E-state index in [4.69, 9.17) is 0 Å².